The second-order valence-corrected chi connectivity index (χ2v) is 5.59. The van der Waals surface area contributed by atoms with Gasteiger partial charge in [-0.15, -0.1) is 5.10 Å². The maximum Gasteiger partial charge on any atom is 0.0893 e. The molecular weight excluding hydrogens is 246 g/mol. The van der Waals surface area contributed by atoms with Crippen molar-refractivity contribution in [3.8, 4) is 0 Å². The molecule has 1 saturated heterocycles. The molecule has 0 bridgehead atoms. The molecule has 102 valence electrons. The number of nitrogens with zero attached hydrogens (tertiary/aromatic N) is 2. The molecule has 0 saturated carbocycles. The highest BCUT2D eigenvalue weighted by atomic mass is 32.1. The molecule has 1 aromatic heterocycles. The van der Waals surface area contributed by atoms with E-state index in [0.29, 0.717) is 18.1 Å². The van der Waals surface area contributed by atoms with Crippen molar-refractivity contribution in [3.63, 3.8) is 0 Å². The topological polar surface area (TPSA) is 47.0 Å². The van der Waals surface area contributed by atoms with Crippen molar-refractivity contribution < 1.29 is 4.74 Å². The third-order valence-electron chi connectivity index (χ3n) is 3.87. The van der Waals surface area contributed by atoms with Crippen molar-refractivity contribution in [3.05, 3.63) is 11.1 Å². The van der Waals surface area contributed by atoms with Crippen molar-refractivity contribution in [2.24, 2.45) is 5.92 Å². The van der Waals surface area contributed by atoms with Gasteiger partial charge in [-0.05, 0) is 30.3 Å². The van der Waals surface area contributed by atoms with Gasteiger partial charge in [-0.25, -0.2) is 0 Å². The van der Waals surface area contributed by atoms with E-state index in [4.69, 9.17) is 4.74 Å². The highest BCUT2D eigenvalue weighted by molar-refractivity contribution is 7.03. The first-order chi connectivity index (χ1) is 8.83. The summed E-state index contributed by atoms with van der Waals surface area (Å²) in [6, 6.07) is 0.561. The largest absolute Gasteiger partial charge is 0.378 e. The lowest BCUT2D eigenvalue weighted by Crippen LogP contribution is -2.41. The van der Waals surface area contributed by atoms with Crippen LogP contribution in [0.5, 0.6) is 0 Å². The normalized spacial score (nSPS) is 24.6. The number of aromatic nitrogens is 2. The molecule has 0 aromatic carbocycles. The van der Waals surface area contributed by atoms with E-state index in [1.807, 2.05) is 5.38 Å². The molecule has 5 heteroatoms. The molecule has 2 atom stereocenters. The molecule has 0 amide bonds. The summed E-state index contributed by atoms with van der Waals surface area (Å²) in [5.41, 5.74) is 1.05. The molecule has 2 heterocycles. The quantitative estimate of drug-likeness (QED) is 0.862. The first-order valence-corrected chi connectivity index (χ1v) is 7.78. The first-order valence-electron chi connectivity index (χ1n) is 6.94. The van der Waals surface area contributed by atoms with Gasteiger partial charge in [-0.2, -0.15) is 0 Å². The highest BCUT2D eigenvalue weighted by Crippen LogP contribution is 2.25. The van der Waals surface area contributed by atoms with Crippen molar-refractivity contribution >= 4 is 11.5 Å². The van der Waals surface area contributed by atoms with Crippen LogP contribution in [0.3, 0.4) is 0 Å². The van der Waals surface area contributed by atoms with Crippen LogP contribution in [0.25, 0.3) is 0 Å². The van der Waals surface area contributed by atoms with E-state index in [2.05, 4.69) is 28.8 Å². The molecule has 1 fully saturated rings. The second-order valence-electron chi connectivity index (χ2n) is 4.98. The summed E-state index contributed by atoms with van der Waals surface area (Å²) in [6.07, 6.45) is 5.09. The monoisotopic (exact) mass is 269 g/mol. The number of nitrogens with one attached hydrogen (secondary N) is 1. The fraction of sp³-hybridized carbons (Fsp3) is 0.846. The summed E-state index contributed by atoms with van der Waals surface area (Å²) in [5, 5.41) is 9.65. The molecule has 1 aromatic rings. The third kappa shape index (κ3) is 3.73. The maximum absolute atomic E-state index is 5.92. The van der Waals surface area contributed by atoms with Crippen LogP contribution in [-0.2, 0) is 11.3 Å². The van der Waals surface area contributed by atoms with E-state index in [0.717, 1.165) is 31.7 Å². The zero-order valence-electron chi connectivity index (χ0n) is 11.3. The van der Waals surface area contributed by atoms with Gasteiger partial charge in [0.25, 0.3) is 0 Å². The van der Waals surface area contributed by atoms with Gasteiger partial charge in [0.15, 0.2) is 0 Å². The number of rotatable bonds is 6. The Balaban J connectivity index is 1.79. The fourth-order valence-electron chi connectivity index (χ4n) is 2.67. The lowest BCUT2D eigenvalue weighted by molar-refractivity contribution is -0.0350. The number of ether oxygens (including phenoxy) is 1. The summed E-state index contributed by atoms with van der Waals surface area (Å²) in [4.78, 5) is 0. The van der Waals surface area contributed by atoms with Gasteiger partial charge in [0.05, 0.1) is 11.8 Å². The van der Waals surface area contributed by atoms with Gasteiger partial charge in [-0.1, -0.05) is 31.2 Å². The molecule has 4 nitrogen and oxygen atoms in total. The fourth-order valence-corrected chi connectivity index (χ4v) is 3.12. The minimum Gasteiger partial charge on any atom is -0.378 e. The van der Waals surface area contributed by atoms with E-state index >= 15 is 0 Å². The molecular formula is C13H23N3OS. The van der Waals surface area contributed by atoms with E-state index in [1.54, 1.807) is 0 Å². The van der Waals surface area contributed by atoms with Crippen LogP contribution in [0.15, 0.2) is 5.38 Å². The van der Waals surface area contributed by atoms with Crippen LogP contribution in [0.4, 0.5) is 0 Å². The summed E-state index contributed by atoms with van der Waals surface area (Å²) >= 11 is 1.41. The van der Waals surface area contributed by atoms with Crippen LogP contribution in [0.1, 0.15) is 45.2 Å². The van der Waals surface area contributed by atoms with Crippen molar-refractivity contribution in [2.45, 2.75) is 58.2 Å². The Labute approximate surface area is 113 Å². The molecule has 0 aliphatic carbocycles. The Kier molecular flexibility index (Phi) is 5.53. The SMILES string of the molecule is CCC(CC)[C@H]1C[C@@H](NCc2csnn2)CCO1. The Morgan fingerprint density at radius 1 is 1.50 bits per heavy atom. The lowest BCUT2D eigenvalue weighted by atomic mass is 9.89. The molecule has 0 radical (unpaired) electrons. The van der Waals surface area contributed by atoms with Crippen LogP contribution in [-0.4, -0.2) is 28.3 Å². The first kappa shape index (κ1) is 13.9. The smallest absolute Gasteiger partial charge is 0.0893 e. The molecule has 18 heavy (non-hydrogen) atoms. The predicted octanol–water partition coefficient (Wildman–Crippen LogP) is 2.61. The van der Waals surface area contributed by atoms with E-state index in [1.165, 1.54) is 24.4 Å². The van der Waals surface area contributed by atoms with Gasteiger partial charge in [0.1, 0.15) is 0 Å². The Bertz CT molecular complexity index is 327. The van der Waals surface area contributed by atoms with E-state index in [9.17, 15) is 0 Å². The molecule has 1 aliphatic rings. The van der Waals surface area contributed by atoms with Gasteiger partial charge in [-0.3, -0.25) is 0 Å². The zero-order valence-corrected chi connectivity index (χ0v) is 12.1. The average molecular weight is 269 g/mol. The Morgan fingerprint density at radius 3 is 3.00 bits per heavy atom. The summed E-state index contributed by atoms with van der Waals surface area (Å²) < 4.78 is 9.81. The zero-order chi connectivity index (χ0) is 12.8. The standard InChI is InChI=1S/C13H23N3OS/c1-3-10(4-2)13-7-11(5-6-17-13)14-8-12-9-18-16-15-12/h9-11,13-14H,3-8H2,1-2H3/t11-,13+/m0/s1. The van der Waals surface area contributed by atoms with Gasteiger partial charge < -0.3 is 10.1 Å². The molecule has 0 unspecified atom stereocenters. The highest BCUT2D eigenvalue weighted by Gasteiger charge is 2.27. The van der Waals surface area contributed by atoms with Gasteiger partial charge in [0.2, 0.25) is 0 Å². The summed E-state index contributed by atoms with van der Waals surface area (Å²) in [5.74, 6) is 0.704. The summed E-state index contributed by atoms with van der Waals surface area (Å²) in [6.45, 7) is 6.23. The van der Waals surface area contributed by atoms with Crippen LogP contribution < -0.4 is 5.32 Å². The van der Waals surface area contributed by atoms with Crippen LogP contribution in [0.2, 0.25) is 0 Å². The number of hydrogen-bond donors (Lipinski definition) is 1. The molecule has 0 spiro atoms. The molecule has 1 N–H and O–H groups in total. The predicted molar refractivity (Wildman–Crippen MR) is 73.6 cm³/mol. The van der Waals surface area contributed by atoms with Crippen molar-refractivity contribution in [2.75, 3.05) is 6.61 Å². The molecule has 2 rings (SSSR count). The van der Waals surface area contributed by atoms with Gasteiger partial charge in [0, 0.05) is 24.6 Å². The number of hydrogen-bond acceptors (Lipinski definition) is 5. The van der Waals surface area contributed by atoms with Gasteiger partial charge >= 0.3 is 0 Å². The minimum atomic E-state index is 0.430. The lowest BCUT2D eigenvalue weighted by Gasteiger charge is -2.34. The third-order valence-corrected chi connectivity index (χ3v) is 4.42. The van der Waals surface area contributed by atoms with E-state index < -0.39 is 0 Å². The summed E-state index contributed by atoms with van der Waals surface area (Å²) in [7, 11) is 0. The van der Waals surface area contributed by atoms with E-state index in [-0.39, 0.29) is 0 Å². The maximum atomic E-state index is 5.92. The van der Waals surface area contributed by atoms with Crippen LogP contribution >= 0.6 is 11.5 Å². The Hall–Kier alpha value is -0.520. The van der Waals surface area contributed by atoms with Crippen LogP contribution in [0, 0.1) is 5.92 Å². The minimum absolute atomic E-state index is 0.430. The second kappa shape index (κ2) is 7.16. The average Bonchev–Trinajstić information content (AvgIpc) is 2.92. The van der Waals surface area contributed by atoms with Crippen molar-refractivity contribution in [1.82, 2.24) is 14.9 Å². The molecule has 1 aliphatic heterocycles. The van der Waals surface area contributed by atoms with Crippen molar-refractivity contribution in [1.29, 1.82) is 0 Å². The Morgan fingerprint density at radius 2 is 2.33 bits per heavy atom.